The van der Waals surface area contributed by atoms with E-state index < -0.39 is 84.8 Å². The fraction of sp³-hybridized carbons (Fsp3) is 0.474. The van der Waals surface area contributed by atoms with E-state index in [0.717, 1.165) is 50.5 Å². The first-order valence-electron chi connectivity index (χ1n) is 17.9. The number of ketones is 1. The number of rotatable bonds is 19. The summed E-state index contributed by atoms with van der Waals surface area (Å²) in [4.78, 5) is 91.3. The van der Waals surface area contributed by atoms with Gasteiger partial charge in [0.2, 0.25) is 29.4 Å². The molecule has 2 fully saturated rings. The molecule has 7 N–H and O–H groups in total. The predicted molar refractivity (Wildman–Crippen MR) is 205 cm³/mol. The van der Waals surface area contributed by atoms with Crippen LogP contribution in [-0.4, -0.2) is 67.4 Å². The first-order valence-corrected chi connectivity index (χ1v) is 20.2. The number of alkyl halides is 1. The Hall–Kier alpha value is -4.47. The standard InChI is InChI=1S/C38H49IN6O7/c1-2-12-28(33(48)37(51)41-23-31(47)44-32(35(40)49)26-15-8-4-9-16-26)42-36(50)29(21-25-19-20-25)43-38(52)34(39-27-17-10-5-11-18-27)45-30(46)22-24-13-6-3-7-14-24/h3-4,6-9,13-16,25,28-29,32,34H,2,5,10-12,17-23H2,1H3,(H2,40,49)(H,41,51)(H,42,50)(H,43,52)(H,44,47)(H,45,46)/t28?,29-,32-,34+/m0/s1. The molecule has 2 aromatic rings. The zero-order chi connectivity index (χ0) is 37.5. The van der Waals surface area contributed by atoms with Gasteiger partial charge in [0.25, 0.3) is 11.8 Å². The van der Waals surface area contributed by atoms with Crippen LogP contribution in [0.4, 0.5) is 0 Å². The fourth-order valence-corrected chi connectivity index (χ4v) is 9.12. The molecule has 14 heteroatoms. The van der Waals surface area contributed by atoms with E-state index in [2.05, 4.69) is 26.6 Å². The van der Waals surface area contributed by atoms with Gasteiger partial charge in [-0.2, -0.15) is 0 Å². The van der Waals surface area contributed by atoms with Gasteiger partial charge < -0.3 is 32.3 Å². The zero-order valence-corrected chi connectivity index (χ0v) is 31.6. The summed E-state index contributed by atoms with van der Waals surface area (Å²) >= 11 is -0.870. The van der Waals surface area contributed by atoms with E-state index in [1.165, 1.54) is 3.51 Å². The molecule has 1 unspecified atom stereocenters. The van der Waals surface area contributed by atoms with Gasteiger partial charge in [-0.3, -0.25) is 33.6 Å². The van der Waals surface area contributed by atoms with Crippen LogP contribution in [0, 0.1) is 5.92 Å². The maximum atomic E-state index is 13.8. The molecular weight excluding hydrogens is 779 g/mol. The topological polar surface area (TPSA) is 206 Å². The predicted octanol–water partition coefficient (Wildman–Crippen LogP) is 2.38. The van der Waals surface area contributed by atoms with E-state index in [1.807, 2.05) is 30.3 Å². The second-order valence-electron chi connectivity index (χ2n) is 13.2. The maximum Gasteiger partial charge on any atom is 0.290 e. The number of hydrogen-bond donors (Lipinski definition) is 6. The largest absolute Gasteiger partial charge is 0.368 e. The number of nitrogens with two attached hydrogens (primary N) is 1. The summed E-state index contributed by atoms with van der Waals surface area (Å²) < 4.78 is 0.547. The van der Waals surface area contributed by atoms with Crippen molar-refractivity contribution in [3.8, 4) is 0 Å². The summed E-state index contributed by atoms with van der Waals surface area (Å²) in [5.41, 5.74) is 6.74. The highest BCUT2D eigenvalue weighted by Gasteiger charge is 2.35. The summed E-state index contributed by atoms with van der Waals surface area (Å²) in [5, 5.41) is 13.2. The van der Waals surface area contributed by atoms with E-state index in [0.29, 0.717) is 18.4 Å². The third-order valence-corrected chi connectivity index (χ3v) is 12.3. The molecule has 13 nitrogen and oxygen atoms in total. The van der Waals surface area contributed by atoms with Crippen molar-refractivity contribution in [1.29, 1.82) is 0 Å². The second-order valence-corrected chi connectivity index (χ2v) is 16.6. The minimum absolute atomic E-state index is 0.124. The fourth-order valence-electron chi connectivity index (χ4n) is 5.89. The third kappa shape index (κ3) is 13.3. The Morgan fingerprint density at radius 3 is 2.02 bits per heavy atom. The van der Waals surface area contributed by atoms with Crippen LogP contribution in [-0.2, 0) is 40.0 Å². The van der Waals surface area contributed by atoms with E-state index >= 15 is 0 Å². The SMILES string of the molecule is CCCC(NC(=O)[C@H](CC1CC1)NC(=O)[C@@H](NC(=O)Cc1ccccc1)I=C1CCCCC1)C(=O)C(=O)NCC(=O)N[C@H](C(N)=O)c1ccccc1. The van der Waals surface area contributed by atoms with E-state index in [1.54, 1.807) is 37.3 Å². The molecule has 2 aliphatic rings. The zero-order valence-electron chi connectivity index (χ0n) is 29.5. The molecule has 0 bridgehead atoms. The number of hydrogen-bond acceptors (Lipinski definition) is 7. The van der Waals surface area contributed by atoms with Gasteiger partial charge >= 0.3 is 0 Å². The smallest absolute Gasteiger partial charge is 0.290 e. The molecule has 0 spiro atoms. The number of carbonyl (C=O) groups excluding carboxylic acids is 7. The molecule has 0 aromatic heterocycles. The van der Waals surface area contributed by atoms with Crippen LogP contribution >= 0.6 is 20.7 Å². The molecule has 0 aliphatic heterocycles. The van der Waals surface area contributed by atoms with Crippen molar-refractivity contribution in [2.75, 3.05) is 6.54 Å². The third-order valence-electron chi connectivity index (χ3n) is 8.85. The lowest BCUT2D eigenvalue weighted by Crippen LogP contribution is -2.56. The summed E-state index contributed by atoms with van der Waals surface area (Å²) in [6, 6.07) is 14.3. The maximum absolute atomic E-state index is 13.8. The van der Waals surface area contributed by atoms with Crippen LogP contribution in [0.3, 0.4) is 0 Å². The minimum atomic E-state index is -1.20. The number of amides is 6. The molecule has 2 aliphatic carbocycles. The van der Waals surface area contributed by atoms with Crippen LogP contribution in [0.1, 0.15) is 88.3 Å². The van der Waals surface area contributed by atoms with Gasteiger partial charge in [0.05, 0.1) is 19.0 Å². The van der Waals surface area contributed by atoms with Gasteiger partial charge in [0.15, 0.2) is 4.05 Å². The lowest BCUT2D eigenvalue weighted by molar-refractivity contribution is -0.141. The summed E-state index contributed by atoms with van der Waals surface area (Å²) in [7, 11) is 0. The van der Waals surface area contributed by atoms with Crippen LogP contribution in [0.25, 0.3) is 0 Å². The Kier molecular flexibility index (Phi) is 15.9. The van der Waals surface area contributed by atoms with Crippen molar-refractivity contribution < 1.29 is 33.6 Å². The number of Topliss-reactive ketones (excluding diaryl/α,β-unsaturated/α-hetero) is 1. The average Bonchev–Trinajstić information content (AvgIpc) is 3.97. The van der Waals surface area contributed by atoms with Crippen LogP contribution in [0.5, 0.6) is 0 Å². The summed E-state index contributed by atoms with van der Waals surface area (Å²) in [6.45, 7) is 1.19. The molecule has 6 amide bonds. The Bertz CT molecular complexity index is 1610. The van der Waals surface area contributed by atoms with Crippen LogP contribution in [0.2, 0.25) is 0 Å². The summed E-state index contributed by atoms with van der Waals surface area (Å²) in [5.74, 6) is -4.63. The van der Waals surface area contributed by atoms with Crippen molar-refractivity contribution in [1.82, 2.24) is 26.6 Å². The molecule has 2 aromatic carbocycles. The van der Waals surface area contributed by atoms with Gasteiger partial charge in [0.1, 0.15) is 12.1 Å². The number of primary amides is 1. The molecule has 0 radical (unpaired) electrons. The number of benzene rings is 2. The highest BCUT2D eigenvalue weighted by Crippen LogP contribution is 2.34. The molecular formula is C38H49IN6O7. The first-order chi connectivity index (χ1) is 25.0. The van der Waals surface area contributed by atoms with Crippen LogP contribution < -0.4 is 32.3 Å². The Morgan fingerprint density at radius 1 is 0.769 bits per heavy atom. The van der Waals surface area contributed by atoms with E-state index in [9.17, 15) is 33.6 Å². The average molecular weight is 829 g/mol. The number of nitrogens with one attached hydrogen (secondary N) is 5. The molecule has 2 saturated carbocycles. The number of halogens is 1. The molecule has 4 atom stereocenters. The van der Waals surface area contributed by atoms with Gasteiger partial charge in [0, 0.05) is 0 Å². The van der Waals surface area contributed by atoms with Gasteiger partial charge in [-0.15, -0.1) is 0 Å². The molecule has 52 heavy (non-hydrogen) atoms. The number of carbonyl (C=O) groups is 7. The minimum Gasteiger partial charge on any atom is -0.368 e. The van der Waals surface area contributed by atoms with Gasteiger partial charge in [-0.25, -0.2) is 0 Å². The molecule has 280 valence electrons. The van der Waals surface area contributed by atoms with Crippen molar-refractivity contribution in [2.45, 2.75) is 99.7 Å². The normalized spacial score (nSPS) is 16.3. The lowest BCUT2D eigenvalue weighted by Gasteiger charge is -2.25. The van der Waals surface area contributed by atoms with Crippen molar-refractivity contribution in [3.63, 3.8) is 0 Å². The van der Waals surface area contributed by atoms with Crippen molar-refractivity contribution in [3.05, 3.63) is 71.8 Å². The van der Waals surface area contributed by atoms with E-state index in [-0.39, 0.29) is 24.7 Å². The Labute approximate surface area is 314 Å². The highest BCUT2D eigenvalue weighted by atomic mass is 127. The van der Waals surface area contributed by atoms with Gasteiger partial charge in [-0.05, 0) is 59.1 Å². The van der Waals surface area contributed by atoms with E-state index in [4.69, 9.17) is 5.73 Å². The first kappa shape index (κ1) is 40.3. The second kappa shape index (κ2) is 20.5. The van der Waals surface area contributed by atoms with Crippen molar-refractivity contribution in [2.24, 2.45) is 11.7 Å². The Balaban J connectivity index is 1.39. The van der Waals surface area contributed by atoms with Crippen molar-refractivity contribution >= 4 is 65.5 Å². The lowest BCUT2D eigenvalue weighted by atomic mass is 10.0. The molecule has 4 rings (SSSR count). The summed E-state index contributed by atoms with van der Waals surface area (Å²) in [6.07, 6.45) is 8.02. The Morgan fingerprint density at radius 2 is 1.40 bits per heavy atom. The molecule has 0 heterocycles. The van der Waals surface area contributed by atoms with Gasteiger partial charge in [-0.1, -0.05) is 114 Å². The monoisotopic (exact) mass is 828 g/mol. The quantitative estimate of drug-likeness (QED) is 0.0540. The molecule has 0 saturated heterocycles. The van der Waals surface area contributed by atoms with Crippen LogP contribution in [0.15, 0.2) is 60.7 Å². The highest BCUT2D eigenvalue weighted by molar-refractivity contribution is 14.2.